The van der Waals surface area contributed by atoms with E-state index in [2.05, 4.69) is 0 Å². The Bertz CT molecular complexity index is 514. The highest BCUT2D eigenvalue weighted by molar-refractivity contribution is 6.63. The summed E-state index contributed by atoms with van der Waals surface area (Å²) < 4.78 is 0. The van der Waals surface area contributed by atoms with Crippen LogP contribution in [0.3, 0.4) is 0 Å². The predicted molar refractivity (Wildman–Crippen MR) is 63.8 cm³/mol. The van der Waals surface area contributed by atoms with Gasteiger partial charge >= 0.3 is 7.12 Å². The lowest BCUT2D eigenvalue weighted by molar-refractivity contribution is 0.426. The molecule has 15 heavy (non-hydrogen) atoms. The van der Waals surface area contributed by atoms with Gasteiger partial charge in [0.2, 0.25) is 0 Å². The van der Waals surface area contributed by atoms with Crippen molar-refractivity contribution in [2.75, 3.05) is 0 Å². The zero-order valence-corrected chi connectivity index (χ0v) is 9.13. The summed E-state index contributed by atoms with van der Waals surface area (Å²) >= 11 is 11.9. The van der Waals surface area contributed by atoms with Crippen molar-refractivity contribution >= 4 is 46.6 Å². The molecule has 0 saturated heterocycles. The fourth-order valence-electron chi connectivity index (χ4n) is 1.47. The quantitative estimate of drug-likeness (QED) is 0.747. The first-order valence-electron chi connectivity index (χ1n) is 4.33. The van der Waals surface area contributed by atoms with Crippen LogP contribution in [0, 0.1) is 0 Å². The van der Waals surface area contributed by atoms with Crippen molar-refractivity contribution in [3.63, 3.8) is 0 Å². The second-order valence-electron chi connectivity index (χ2n) is 3.21. The molecule has 0 aliphatic carbocycles. The molecule has 0 aromatic heterocycles. The Balaban J connectivity index is 2.77. The first-order valence-corrected chi connectivity index (χ1v) is 5.09. The molecule has 2 N–H and O–H groups in total. The van der Waals surface area contributed by atoms with Crippen molar-refractivity contribution in [2.24, 2.45) is 0 Å². The van der Waals surface area contributed by atoms with E-state index < -0.39 is 7.12 Å². The lowest BCUT2D eigenvalue weighted by atomic mass is 9.79. The van der Waals surface area contributed by atoms with E-state index in [0.717, 1.165) is 10.8 Å². The average molecular weight is 241 g/mol. The standard InChI is InChI=1S/C10H7BCl2O2/c12-7-3-1-6-2-4-9(11(14)15)10(13)8(6)5-7/h1-5,14-15H. The first-order chi connectivity index (χ1) is 7.09. The Hall–Kier alpha value is -0.735. The van der Waals surface area contributed by atoms with E-state index in [4.69, 9.17) is 33.2 Å². The van der Waals surface area contributed by atoms with Crippen LogP contribution in [0.1, 0.15) is 0 Å². The van der Waals surface area contributed by atoms with Crippen LogP contribution in [0.4, 0.5) is 0 Å². The maximum atomic E-state index is 9.07. The molecule has 0 amide bonds. The molecular formula is C10H7BCl2O2. The molecule has 2 rings (SSSR count). The highest BCUT2D eigenvalue weighted by atomic mass is 35.5. The Morgan fingerprint density at radius 1 is 1.00 bits per heavy atom. The molecule has 0 unspecified atom stereocenters. The maximum absolute atomic E-state index is 9.07. The molecule has 76 valence electrons. The van der Waals surface area contributed by atoms with Crippen LogP contribution in [0.2, 0.25) is 10.0 Å². The fourth-order valence-corrected chi connectivity index (χ4v) is 1.97. The summed E-state index contributed by atoms with van der Waals surface area (Å²) in [6.07, 6.45) is 0. The minimum atomic E-state index is -1.57. The van der Waals surface area contributed by atoms with Crippen molar-refractivity contribution in [2.45, 2.75) is 0 Å². The van der Waals surface area contributed by atoms with Crippen LogP contribution < -0.4 is 5.46 Å². The molecule has 5 heteroatoms. The van der Waals surface area contributed by atoms with Gasteiger partial charge in [-0.1, -0.05) is 41.4 Å². The van der Waals surface area contributed by atoms with Crippen LogP contribution in [-0.4, -0.2) is 17.2 Å². The summed E-state index contributed by atoms with van der Waals surface area (Å²) in [6, 6.07) is 8.65. The van der Waals surface area contributed by atoms with Gasteiger partial charge < -0.3 is 10.0 Å². The van der Waals surface area contributed by atoms with Crippen LogP contribution in [0.15, 0.2) is 30.3 Å². The molecular weight excluding hydrogens is 234 g/mol. The van der Waals surface area contributed by atoms with Gasteiger partial charge in [0.05, 0.1) is 0 Å². The highest BCUT2D eigenvalue weighted by Gasteiger charge is 2.16. The van der Waals surface area contributed by atoms with Crippen molar-refractivity contribution in [3.8, 4) is 0 Å². The van der Waals surface area contributed by atoms with Gasteiger partial charge in [-0.2, -0.15) is 0 Å². The lowest BCUT2D eigenvalue weighted by Crippen LogP contribution is -2.30. The lowest BCUT2D eigenvalue weighted by Gasteiger charge is -2.06. The van der Waals surface area contributed by atoms with Crippen molar-refractivity contribution in [1.29, 1.82) is 0 Å². The molecule has 0 aliphatic heterocycles. The van der Waals surface area contributed by atoms with Gasteiger partial charge in [0.25, 0.3) is 0 Å². The van der Waals surface area contributed by atoms with E-state index in [9.17, 15) is 0 Å². The van der Waals surface area contributed by atoms with Gasteiger partial charge in [0.15, 0.2) is 0 Å². The molecule has 0 bridgehead atoms. The van der Waals surface area contributed by atoms with Crippen LogP contribution >= 0.6 is 23.2 Å². The molecule has 0 spiro atoms. The van der Waals surface area contributed by atoms with Gasteiger partial charge in [0.1, 0.15) is 0 Å². The number of hydrogen-bond acceptors (Lipinski definition) is 2. The van der Waals surface area contributed by atoms with E-state index in [0.29, 0.717) is 10.0 Å². The minimum absolute atomic E-state index is 0.284. The normalized spacial score (nSPS) is 10.7. The Morgan fingerprint density at radius 2 is 1.67 bits per heavy atom. The summed E-state index contributed by atoms with van der Waals surface area (Å²) in [5.74, 6) is 0. The zero-order valence-electron chi connectivity index (χ0n) is 7.61. The van der Waals surface area contributed by atoms with E-state index in [1.165, 1.54) is 0 Å². The topological polar surface area (TPSA) is 40.5 Å². The van der Waals surface area contributed by atoms with Gasteiger partial charge in [-0.15, -0.1) is 0 Å². The van der Waals surface area contributed by atoms with Gasteiger partial charge in [-0.05, 0) is 17.5 Å². The van der Waals surface area contributed by atoms with E-state index in [1.54, 1.807) is 24.3 Å². The number of benzene rings is 2. The summed E-state index contributed by atoms with van der Waals surface area (Å²) in [5.41, 5.74) is 0.284. The number of hydrogen-bond donors (Lipinski definition) is 2. The average Bonchev–Trinajstić information content (AvgIpc) is 2.19. The highest BCUT2D eigenvalue weighted by Crippen LogP contribution is 2.25. The van der Waals surface area contributed by atoms with Crippen LogP contribution in [0.25, 0.3) is 10.8 Å². The van der Waals surface area contributed by atoms with Crippen molar-refractivity contribution in [1.82, 2.24) is 0 Å². The molecule has 0 radical (unpaired) electrons. The third-order valence-electron chi connectivity index (χ3n) is 2.23. The molecule has 0 atom stereocenters. The van der Waals surface area contributed by atoms with Gasteiger partial charge in [0, 0.05) is 20.9 Å². The molecule has 0 saturated carbocycles. The second kappa shape index (κ2) is 4.03. The molecule has 2 aromatic carbocycles. The summed E-state index contributed by atoms with van der Waals surface area (Å²) in [4.78, 5) is 0. The SMILES string of the molecule is OB(O)c1ccc2ccc(Cl)cc2c1Cl. The van der Waals surface area contributed by atoms with Crippen LogP contribution in [0.5, 0.6) is 0 Å². The maximum Gasteiger partial charge on any atom is 0.489 e. The van der Waals surface area contributed by atoms with E-state index >= 15 is 0 Å². The Kier molecular flexibility index (Phi) is 2.89. The number of rotatable bonds is 1. The summed E-state index contributed by atoms with van der Waals surface area (Å²) in [5, 5.41) is 20.7. The number of halogens is 2. The molecule has 2 aromatic rings. The van der Waals surface area contributed by atoms with Crippen LogP contribution in [-0.2, 0) is 0 Å². The largest absolute Gasteiger partial charge is 0.489 e. The van der Waals surface area contributed by atoms with Crippen molar-refractivity contribution < 1.29 is 10.0 Å². The van der Waals surface area contributed by atoms with Gasteiger partial charge in [-0.3, -0.25) is 0 Å². The third kappa shape index (κ3) is 1.97. The Morgan fingerprint density at radius 3 is 2.33 bits per heavy atom. The Labute approximate surface area is 97.2 Å². The molecule has 0 fully saturated rings. The molecule has 0 heterocycles. The first kappa shape index (κ1) is 10.8. The smallest absolute Gasteiger partial charge is 0.423 e. The van der Waals surface area contributed by atoms with Crippen molar-refractivity contribution in [3.05, 3.63) is 40.4 Å². The molecule has 2 nitrogen and oxygen atoms in total. The van der Waals surface area contributed by atoms with Gasteiger partial charge in [-0.25, -0.2) is 0 Å². The summed E-state index contributed by atoms with van der Waals surface area (Å²) in [7, 11) is -1.57. The summed E-state index contributed by atoms with van der Waals surface area (Å²) in [6.45, 7) is 0. The van der Waals surface area contributed by atoms with E-state index in [-0.39, 0.29) is 5.46 Å². The monoisotopic (exact) mass is 240 g/mol. The molecule has 0 aliphatic rings. The zero-order chi connectivity index (χ0) is 11.0. The predicted octanol–water partition coefficient (Wildman–Crippen LogP) is 1.83. The van der Waals surface area contributed by atoms with E-state index in [1.807, 2.05) is 6.07 Å². The fraction of sp³-hybridized carbons (Fsp3) is 0. The number of fused-ring (bicyclic) bond motifs is 1. The minimum Gasteiger partial charge on any atom is -0.423 e. The second-order valence-corrected chi connectivity index (χ2v) is 4.02. The third-order valence-corrected chi connectivity index (χ3v) is 2.88.